The number of nitrogen functional groups attached to an aromatic ring is 1. The van der Waals surface area contributed by atoms with Gasteiger partial charge in [0.05, 0.1) is 13.7 Å². The number of aromatic nitrogens is 2. The van der Waals surface area contributed by atoms with Crippen molar-refractivity contribution in [1.29, 1.82) is 0 Å². The standard InChI is InChI=1S/C9H17N5O2/c1-14(4-5-15-2)9-7(16-3)8(13-10)11-6-12-9/h6H,4-5,10H2,1-3H3,(H,11,12,13). The fourth-order valence-electron chi connectivity index (χ4n) is 1.26. The van der Waals surface area contributed by atoms with E-state index in [-0.39, 0.29) is 0 Å². The molecule has 1 rings (SSSR count). The van der Waals surface area contributed by atoms with Gasteiger partial charge in [-0.25, -0.2) is 15.8 Å². The molecule has 0 atom stereocenters. The minimum atomic E-state index is 0.455. The van der Waals surface area contributed by atoms with Crippen LogP contribution in [0.1, 0.15) is 0 Å². The fraction of sp³-hybridized carbons (Fsp3) is 0.556. The van der Waals surface area contributed by atoms with Crippen LogP contribution in [0.4, 0.5) is 11.6 Å². The first-order valence-electron chi connectivity index (χ1n) is 4.80. The summed E-state index contributed by atoms with van der Waals surface area (Å²) in [5, 5.41) is 0. The van der Waals surface area contributed by atoms with Crippen LogP contribution in [0.2, 0.25) is 0 Å². The summed E-state index contributed by atoms with van der Waals surface area (Å²) < 4.78 is 10.2. The van der Waals surface area contributed by atoms with Gasteiger partial charge in [-0.05, 0) is 0 Å². The quantitative estimate of drug-likeness (QED) is 0.516. The Morgan fingerprint density at radius 3 is 2.75 bits per heavy atom. The SMILES string of the molecule is COCCN(C)c1ncnc(NN)c1OC. The van der Waals surface area contributed by atoms with Crippen molar-refractivity contribution in [3.63, 3.8) is 0 Å². The van der Waals surface area contributed by atoms with Gasteiger partial charge in [0, 0.05) is 20.7 Å². The molecular formula is C9H17N5O2. The molecule has 7 heteroatoms. The van der Waals surface area contributed by atoms with Gasteiger partial charge in [-0.15, -0.1) is 0 Å². The number of rotatable bonds is 6. The van der Waals surface area contributed by atoms with Crippen molar-refractivity contribution in [3.8, 4) is 5.75 Å². The molecule has 0 aliphatic heterocycles. The summed E-state index contributed by atoms with van der Waals surface area (Å²) in [5.74, 6) is 6.97. The summed E-state index contributed by atoms with van der Waals surface area (Å²) in [6.07, 6.45) is 1.43. The lowest BCUT2D eigenvalue weighted by Crippen LogP contribution is -2.24. The third kappa shape index (κ3) is 2.71. The monoisotopic (exact) mass is 227 g/mol. The average molecular weight is 227 g/mol. The molecule has 0 aliphatic rings. The van der Waals surface area contributed by atoms with Gasteiger partial charge in [-0.3, -0.25) is 0 Å². The Hall–Kier alpha value is -1.60. The number of hydrazine groups is 1. The van der Waals surface area contributed by atoms with Crippen LogP contribution in [0.3, 0.4) is 0 Å². The molecule has 0 spiro atoms. The second kappa shape index (κ2) is 6.09. The molecule has 7 nitrogen and oxygen atoms in total. The van der Waals surface area contributed by atoms with Crippen molar-refractivity contribution in [2.75, 3.05) is 44.7 Å². The first kappa shape index (κ1) is 12.5. The largest absolute Gasteiger partial charge is 0.490 e. The minimum absolute atomic E-state index is 0.455. The predicted octanol–water partition coefficient (Wildman–Crippen LogP) is -0.147. The Labute approximate surface area is 94.5 Å². The van der Waals surface area contributed by atoms with Crippen LogP contribution in [0.15, 0.2) is 6.33 Å². The third-order valence-electron chi connectivity index (χ3n) is 2.12. The Balaban J connectivity index is 2.93. The number of hydrogen-bond acceptors (Lipinski definition) is 7. The second-order valence-electron chi connectivity index (χ2n) is 3.14. The Morgan fingerprint density at radius 1 is 1.44 bits per heavy atom. The maximum atomic E-state index is 5.33. The van der Waals surface area contributed by atoms with Crippen LogP contribution in [0, 0.1) is 0 Å². The van der Waals surface area contributed by atoms with Crippen LogP contribution in [-0.2, 0) is 4.74 Å². The Kier molecular flexibility index (Phi) is 4.74. The van der Waals surface area contributed by atoms with Crippen molar-refractivity contribution >= 4 is 11.6 Å². The maximum absolute atomic E-state index is 5.33. The molecule has 90 valence electrons. The topological polar surface area (TPSA) is 85.5 Å². The minimum Gasteiger partial charge on any atom is -0.490 e. The van der Waals surface area contributed by atoms with Crippen molar-refractivity contribution in [2.24, 2.45) is 5.84 Å². The Bertz CT molecular complexity index is 334. The lowest BCUT2D eigenvalue weighted by atomic mass is 10.4. The first-order valence-corrected chi connectivity index (χ1v) is 4.80. The highest BCUT2D eigenvalue weighted by Crippen LogP contribution is 2.30. The molecule has 0 aliphatic carbocycles. The van der Waals surface area contributed by atoms with Gasteiger partial charge in [-0.1, -0.05) is 0 Å². The van der Waals surface area contributed by atoms with E-state index in [1.807, 2.05) is 11.9 Å². The zero-order valence-electron chi connectivity index (χ0n) is 9.73. The second-order valence-corrected chi connectivity index (χ2v) is 3.14. The normalized spacial score (nSPS) is 10.0. The number of methoxy groups -OCH3 is 2. The molecule has 0 aromatic carbocycles. The van der Waals surface area contributed by atoms with E-state index >= 15 is 0 Å². The lowest BCUT2D eigenvalue weighted by molar-refractivity contribution is 0.206. The molecule has 0 saturated carbocycles. The van der Waals surface area contributed by atoms with E-state index < -0.39 is 0 Å². The Morgan fingerprint density at radius 2 is 2.19 bits per heavy atom. The van der Waals surface area contributed by atoms with Crippen molar-refractivity contribution in [3.05, 3.63) is 6.33 Å². The van der Waals surface area contributed by atoms with Crippen LogP contribution in [0.5, 0.6) is 5.75 Å². The highest BCUT2D eigenvalue weighted by molar-refractivity contribution is 5.63. The number of anilines is 2. The van der Waals surface area contributed by atoms with E-state index in [1.54, 1.807) is 14.2 Å². The summed E-state index contributed by atoms with van der Waals surface area (Å²) in [6.45, 7) is 1.31. The molecule has 3 N–H and O–H groups in total. The van der Waals surface area contributed by atoms with E-state index in [2.05, 4.69) is 15.4 Å². The molecule has 1 heterocycles. The molecule has 0 amide bonds. The predicted molar refractivity (Wildman–Crippen MR) is 61.5 cm³/mol. The summed E-state index contributed by atoms with van der Waals surface area (Å²) in [7, 11) is 5.09. The van der Waals surface area contributed by atoms with Gasteiger partial charge in [-0.2, -0.15) is 0 Å². The molecule has 0 unspecified atom stereocenters. The van der Waals surface area contributed by atoms with Crippen molar-refractivity contribution < 1.29 is 9.47 Å². The maximum Gasteiger partial charge on any atom is 0.205 e. The van der Waals surface area contributed by atoms with E-state index in [9.17, 15) is 0 Å². The van der Waals surface area contributed by atoms with E-state index in [4.69, 9.17) is 15.3 Å². The molecule has 16 heavy (non-hydrogen) atoms. The summed E-state index contributed by atoms with van der Waals surface area (Å²) in [5.41, 5.74) is 2.46. The van der Waals surface area contributed by atoms with E-state index in [0.29, 0.717) is 30.5 Å². The van der Waals surface area contributed by atoms with Gasteiger partial charge >= 0.3 is 0 Å². The van der Waals surface area contributed by atoms with Gasteiger partial charge < -0.3 is 19.8 Å². The van der Waals surface area contributed by atoms with Crippen molar-refractivity contribution in [1.82, 2.24) is 9.97 Å². The molecule has 0 radical (unpaired) electrons. The van der Waals surface area contributed by atoms with Gasteiger partial charge in [0.15, 0.2) is 11.6 Å². The highest BCUT2D eigenvalue weighted by atomic mass is 16.5. The first-order chi connectivity index (χ1) is 7.74. The van der Waals surface area contributed by atoms with Crippen LogP contribution < -0.4 is 20.9 Å². The van der Waals surface area contributed by atoms with E-state index in [1.165, 1.54) is 6.33 Å². The number of hydrogen-bond donors (Lipinski definition) is 2. The van der Waals surface area contributed by atoms with Gasteiger partial charge in [0.1, 0.15) is 6.33 Å². The van der Waals surface area contributed by atoms with Gasteiger partial charge in [0.25, 0.3) is 0 Å². The number of likely N-dealkylation sites (N-methyl/N-ethyl adjacent to an activating group) is 1. The number of nitrogens with zero attached hydrogens (tertiary/aromatic N) is 3. The zero-order valence-corrected chi connectivity index (χ0v) is 9.73. The highest BCUT2D eigenvalue weighted by Gasteiger charge is 2.14. The fourth-order valence-corrected chi connectivity index (χ4v) is 1.26. The van der Waals surface area contributed by atoms with Crippen LogP contribution in [0.25, 0.3) is 0 Å². The summed E-state index contributed by atoms with van der Waals surface area (Å²) in [6, 6.07) is 0. The molecule has 0 bridgehead atoms. The van der Waals surface area contributed by atoms with Gasteiger partial charge in [0.2, 0.25) is 5.75 Å². The lowest BCUT2D eigenvalue weighted by Gasteiger charge is -2.20. The molecule has 1 aromatic rings. The molecule has 0 saturated heterocycles. The summed E-state index contributed by atoms with van der Waals surface area (Å²) in [4.78, 5) is 10.0. The third-order valence-corrected chi connectivity index (χ3v) is 2.12. The zero-order chi connectivity index (χ0) is 12.0. The van der Waals surface area contributed by atoms with Crippen molar-refractivity contribution in [2.45, 2.75) is 0 Å². The number of nitrogens with one attached hydrogen (secondary N) is 1. The number of nitrogens with two attached hydrogens (primary N) is 1. The molecular weight excluding hydrogens is 210 g/mol. The average Bonchev–Trinajstić information content (AvgIpc) is 2.34. The number of ether oxygens (including phenoxy) is 2. The summed E-state index contributed by atoms with van der Waals surface area (Å²) >= 11 is 0. The molecule has 0 fully saturated rings. The molecule has 1 aromatic heterocycles. The van der Waals surface area contributed by atoms with Crippen LogP contribution >= 0.6 is 0 Å². The smallest absolute Gasteiger partial charge is 0.205 e. The van der Waals surface area contributed by atoms with E-state index in [0.717, 1.165) is 0 Å². The van der Waals surface area contributed by atoms with Crippen LogP contribution in [-0.4, -0.2) is 44.4 Å².